The molecule has 166 valence electrons. The fraction of sp³-hybridized carbons (Fsp3) is 0.400. The summed E-state index contributed by atoms with van der Waals surface area (Å²) in [5.74, 6) is 1.29. The summed E-state index contributed by atoms with van der Waals surface area (Å²) < 4.78 is 6.13. The van der Waals surface area contributed by atoms with E-state index in [1.807, 2.05) is 0 Å². The van der Waals surface area contributed by atoms with Gasteiger partial charge in [-0.25, -0.2) is 0 Å². The van der Waals surface area contributed by atoms with Crippen LogP contribution in [0.15, 0.2) is 65.8 Å². The third kappa shape index (κ3) is 6.23. The molecule has 2 aromatic carbocycles. The number of rotatable bonds is 7. The van der Waals surface area contributed by atoms with Crippen molar-refractivity contribution in [1.29, 1.82) is 0 Å². The first-order chi connectivity index (χ1) is 14.8. The number of guanidine groups is 1. The second kappa shape index (κ2) is 12.1. The highest BCUT2D eigenvalue weighted by atomic mass is 127. The molecule has 31 heavy (non-hydrogen) atoms. The van der Waals surface area contributed by atoms with Gasteiger partial charge >= 0.3 is 0 Å². The average Bonchev–Trinajstić information content (AvgIpc) is 3.21. The zero-order valence-electron chi connectivity index (χ0n) is 18.1. The van der Waals surface area contributed by atoms with E-state index in [-0.39, 0.29) is 30.1 Å². The normalized spacial score (nSPS) is 19.1. The maximum Gasteiger partial charge on any atom is 0.191 e. The van der Waals surface area contributed by atoms with Crippen molar-refractivity contribution in [3.8, 4) is 0 Å². The second-order valence-corrected chi connectivity index (χ2v) is 7.86. The van der Waals surface area contributed by atoms with Gasteiger partial charge in [0.15, 0.2) is 5.96 Å². The molecule has 0 aliphatic carbocycles. The predicted molar refractivity (Wildman–Crippen MR) is 139 cm³/mol. The summed E-state index contributed by atoms with van der Waals surface area (Å²) in [5.41, 5.74) is 3.78. The van der Waals surface area contributed by atoms with Crippen molar-refractivity contribution in [1.82, 2.24) is 15.6 Å². The lowest BCUT2D eigenvalue weighted by molar-refractivity contribution is -0.0250. The topological polar surface area (TPSA) is 61.4 Å². The highest BCUT2D eigenvalue weighted by Crippen LogP contribution is 2.33. The van der Waals surface area contributed by atoms with E-state index in [9.17, 15) is 0 Å². The Morgan fingerprint density at radius 2 is 1.90 bits per heavy atom. The molecule has 2 heterocycles. The number of aliphatic imine (C=N–C) groups is 1. The van der Waals surface area contributed by atoms with E-state index < -0.39 is 0 Å². The second-order valence-electron chi connectivity index (χ2n) is 7.86. The quantitative estimate of drug-likeness (QED) is 0.227. The number of H-pyrrole nitrogens is 1. The van der Waals surface area contributed by atoms with Crippen LogP contribution in [0.1, 0.15) is 37.0 Å². The smallest absolute Gasteiger partial charge is 0.191 e. The summed E-state index contributed by atoms with van der Waals surface area (Å²) in [7, 11) is 0. The Labute approximate surface area is 202 Å². The first-order valence-corrected chi connectivity index (χ1v) is 11.1. The minimum atomic E-state index is 0. The molecule has 3 aromatic rings. The fourth-order valence-corrected chi connectivity index (χ4v) is 4.25. The van der Waals surface area contributed by atoms with Crippen LogP contribution in [0.5, 0.6) is 0 Å². The molecule has 2 atom stereocenters. The number of hydrogen-bond acceptors (Lipinski definition) is 2. The predicted octanol–water partition coefficient (Wildman–Crippen LogP) is 5.05. The van der Waals surface area contributed by atoms with Gasteiger partial charge in [0.05, 0.1) is 6.10 Å². The fourth-order valence-electron chi connectivity index (χ4n) is 4.25. The van der Waals surface area contributed by atoms with Crippen molar-refractivity contribution in [2.24, 2.45) is 10.9 Å². The zero-order chi connectivity index (χ0) is 20.6. The van der Waals surface area contributed by atoms with Gasteiger partial charge in [-0.15, -0.1) is 24.0 Å². The Bertz CT molecular complexity index is 956. The van der Waals surface area contributed by atoms with E-state index in [1.165, 1.54) is 22.0 Å². The number of nitrogens with one attached hydrogen (secondary N) is 3. The molecule has 1 fully saturated rings. The van der Waals surface area contributed by atoms with E-state index >= 15 is 0 Å². The Kier molecular flexibility index (Phi) is 9.21. The van der Waals surface area contributed by atoms with E-state index in [0.29, 0.717) is 5.92 Å². The molecule has 6 heteroatoms. The minimum absolute atomic E-state index is 0. The van der Waals surface area contributed by atoms with Crippen molar-refractivity contribution >= 4 is 40.8 Å². The van der Waals surface area contributed by atoms with Gasteiger partial charge in [-0.05, 0) is 43.4 Å². The molecule has 5 nitrogen and oxygen atoms in total. The number of fused-ring (bicyclic) bond motifs is 1. The molecule has 0 amide bonds. The summed E-state index contributed by atoms with van der Waals surface area (Å²) in [6.07, 6.45) is 5.46. The summed E-state index contributed by atoms with van der Waals surface area (Å²) in [4.78, 5) is 8.25. The molecule has 0 spiro atoms. The summed E-state index contributed by atoms with van der Waals surface area (Å²) >= 11 is 0. The van der Waals surface area contributed by atoms with Gasteiger partial charge in [-0.3, -0.25) is 4.99 Å². The van der Waals surface area contributed by atoms with Crippen LogP contribution >= 0.6 is 24.0 Å². The molecule has 1 aliphatic heterocycles. The lowest BCUT2D eigenvalue weighted by Gasteiger charge is -2.31. The van der Waals surface area contributed by atoms with E-state index in [1.54, 1.807) is 0 Å². The molecule has 1 aliphatic rings. The largest absolute Gasteiger partial charge is 0.373 e. The van der Waals surface area contributed by atoms with Crippen molar-refractivity contribution in [2.45, 2.75) is 32.3 Å². The van der Waals surface area contributed by atoms with Crippen LogP contribution in [-0.4, -0.2) is 37.2 Å². The van der Waals surface area contributed by atoms with Gasteiger partial charge in [0.2, 0.25) is 0 Å². The Balaban J connectivity index is 0.00000272. The molecule has 2 unspecified atom stereocenters. The molecule has 3 N–H and O–H groups in total. The first kappa shape index (κ1) is 23.6. The number of ether oxygens (including phenoxy) is 1. The van der Waals surface area contributed by atoms with E-state index in [4.69, 9.17) is 9.73 Å². The van der Waals surface area contributed by atoms with Crippen molar-refractivity contribution in [3.63, 3.8) is 0 Å². The lowest BCUT2D eigenvalue weighted by atomic mass is 9.89. The number of para-hydroxylation sites is 1. The van der Waals surface area contributed by atoms with Crippen LogP contribution in [0.25, 0.3) is 10.9 Å². The number of nitrogens with zero attached hydrogens (tertiary/aromatic N) is 1. The van der Waals surface area contributed by atoms with E-state index in [0.717, 1.165) is 51.5 Å². The van der Waals surface area contributed by atoms with Crippen LogP contribution in [-0.2, 0) is 11.2 Å². The van der Waals surface area contributed by atoms with Gasteiger partial charge in [0, 0.05) is 49.3 Å². The standard InChI is InChI=1S/C25H32N4O.HI/c1-2-26-25(27-15-14-20-17-28-23-13-7-6-12-22(20)23)29-18-21-11-8-16-30-24(21)19-9-4-3-5-10-19;/h3-7,9-10,12-13,17,21,24,28H,2,8,11,14-16,18H2,1H3,(H2,26,27,29);1H. The molecule has 4 rings (SSSR count). The molecule has 0 bridgehead atoms. The third-order valence-electron chi connectivity index (χ3n) is 5.76. The molecule has 1 saturated heterocycles. The number of aromatic nitrogens is 1. The Hall–Kier alpha value is -2.06. The highest BCUT2D eigenvalue weighted by Gasteiger charge is 2.27. The third-order valence-corrected chi connectivity index (χ3v) is 5.76. The van der Waals surface area contributed by atoms with Crippen molar-refractivity contribution in [2.75, 3.05) is 26.2 Å². The van der Waals surface area contributed by atoms with Gasteiger partial charge in [-0.2, -0.15) is 0 Å². The average molecular weight is 532 g/mol. The summed E-state index contributed by atoms with van der Waals surface area (Å²) in [6, 6.07) is 19.0. The number of hydrogen-bond donors (Lipinski definition) is 3. The maximum absolute atomic E-state index is 6.13. The Morgan fingerprint density at radius 1 is 1.10 bits per heavy atom. The summed E-state index contributed by atoms with van der Waals surface area (Å²) in [5, 5.41) is 8.18. The minimum Gasteiger partial charge on any atom is -0.373 e. The number of halogens is 1. The van der Waals surface area contributed by atoms with Crippen LogP contribution in [0.2, 0.25) is 0 Å². The Morgan fingerprint density at radius 3 is 2.74 bits per heavy atom. The zero-order valence-corrected chi connectivity index (χ0v) is 20.5. The molecule has 1 aromatic heterocycles. The molecular weight excluding hydrogens is 499 g/mol. The van der Waals surface area contributed by atoms with Crippen LogP contribution in [0.4, 0.5) is 0 Å². The maximum atomic E-state index is 6.13. The van der Waals surface area contributed by atoms with Crippen molar-refractivity contribution < 1.29 is 4.74 Å². The van der Waals surface area contributed by atoms with E-state index in [2.05, 4.69) is 83.3 Å². The van der Waals surface area contributed by atoms with Crippen molar-refractivity contribution in [3.05, 3.63) is 71.9 Å². The lowest BCUT2D eigenvalue weighted by Crippen LogP contribution is -2.39. The first-order valence-electron chi connectivity index (χ1n) is 11.1. The van der Waals surface area contributed by atoms with Gasteiger partial charge < -0.3 is 20.4 Å². The van der Waals surface area contributed by atoms with Crippen LogP contribution < -0.4 is 10.6 Å². The van der Waals surface area contributed by atoms with Crippen LogP contribution in [0.3, 0.4) is 0 Å². The molecular formula is C25H33IN4O. The number of aromatic amines is 1. The highest BCUT2D eigenvalue weighted by molar-refractivity contribution is 14.0. The molecule has 0 radical (unpaired) electrons. The monoisotopic (exact) mass is 532 g/mol. The van der Waals surface area contributed by atoms with Gasteiger partial charge in [-0.1, -0.05) is 48.5 Å². The molecule has 0 saturated carbocycles. The van der Waals surface area contributed by atoms with Gasteiger partial charge in [0.25, 0.3) is 0 Å². The van der Waals surface area contributed by atoms with Crippen LogP contribution in [0, 0.1) is 5.92 Å². The SMILES string of the molecule is CCNC(=NCC1CCCOC1c1ccccc1)NCCc1c[nH]c2ccccc12.I. The number of benzene rings is 2. The van der Waals surface area contributed by atoms with Gasteiger partial charge in [0.1, 0.15) is 0 Å². The summed E-state index contributed by atoms with van der Waals surface area (Å²) in [6.45, 7) is 5.40.